The molecule has 0 aliphatic heterocycles. The van der Waals surface area contributed by atoms with Gasteiger partial charge in [0.2, 0.25) is 0 Å². The van der Waals surface area contributed by atoms with E-state index in [1.54, 1.807) is 23.1 Å². The molecular weight excluding hydrogens is 214 g/mol. The van der Waals surface area contributed by atoms with Gasteiger partial charge in [-0.2, -0.15) is 0 Å². The molecule has 1 aromatic rings. The summed E-state index contributed by atoms with van der Waals surface area (Å²) in [7, 11) is 1.82. The molecule has 0 saturated heterocycles. The molecule has 1 N–H and O–H groups in total. The lowest BCUT2D eigenvalue weighted by molar-refractivity contribution is 0.0619. The van der Waals surface area contributed by atoms with E-state index in [1.165, 1.54) is 0 Å². The first-order valence-electron chi connectivity index (χ1n) is 5.87. The highest BCUT2D eigenvalue weighted by molar-refractivity contribution is 5.96. The van der Waals surface area contributed by atoms with Crippen molar-refractivity contribution in [3.05, 3.63) is 29.3 Å². The number of nitrogens with zero attached hydrogens (tertiary/aromatic N) is 1. The maximum Gasteiger partial charge on any atom is 0.254 e. The molecule has 0 aliphatic carbocycles. The van der Waals surface area contributed by atoms with Gasteiger partial charge >= 0.3 is 0 Å². The van der Waals surface area contributed by atoms with Crippen LogP contribution in [0.5, 0.6) is 5.75 Å². The lowest BCUT2D eigenvalue weighted by Gasteiger charge is -2.35. The normalized spacial score (nSPS) is 11.4. The number of aromatic hydroxyl groups is 1. The highest BCUT2D eigenvalue weighted by Gasteiger charge is 2.27. The number of hydrogen-bond acceptors (Lipinski definition) is 2. The maximum atomic E-state index is 12.3. The van der Waals surface area contributed by atoms with Crippen molar-refractivity contribution >= 4 is 5.91 Å². The summed E-state index contributed by atoms with van der Waals surface area (Å²) in [6.07, 6.45) is 0.895. The van der Waals surface area contributed by atoms with Crippen LogP contribution in [0.4, 0.5) is 0 Å². The summed E-state index contributed by atoms with van der Waals surface area (Å²) in [5.41, 5.74) is 1.28. The van der Waals surface area contributed by atoms with Crippen molar-refractivity contribution in [2.45, 2.75) is 39.7 Å². The average Bonchev–Trinajstić information content (AvgIpc) is 2.27. The number of carbonyl (C=O) groups is 1. The van der Waals surface area contributed by atoms with E-state index in [9.17, 15) is 9.90 Å². The number of aryl methyl sites for hydroxylation is 1. The van der Waals surface area contributed by atoms with Crippen LogP contribution in [0.3, 0.4) is 0 Å². The molecule has 0 aliphatic rings. The van der Waals surface area contributed by atoms with Crippen molar-refractivity contribution in [1.29, 1.82) is 0 Å². The Bertz CT molecular complexity index is 424. The quantitative estimate of drug-likeness (QED) is 0.875. The van der Waals surface area contributed by atoms with Crippen LogP contribution < -0.4 is 0 Å². The third kappa shape index (κ3) is 2.78. The van der Waals surface area contributed by atoms with Crippen LogP contribution in [0.1, 0.15) is 43.1 Å². The molecule has 0 bridgehead atoms. The molecule has 94 valence electrons. The van der Waals surface area contributed by atoms with Crippen molar-refractivity contribution < 1.29 is 9.90 Å². The molecule has 3 heteroatoms. The first-order chi connectivity index (χ1) is 7.79. The minimum atomic E-state index is -0.165. The van der Waals surface area contributed by atoms with E-state index in [0.29, 0.717) is 5.56 Å². The smallest absolute Gasteiger partial charge is 0.254 e. The van der Waals surface area contributed by atoms with E-state index in [0.717, 1.165) is 12.0 Å². The van der Waals surface area contributed by atoms with E-state index < -0.39 is 0 Å². The second-order valence-corrected chi connectivity index (χ2v) is 5.03. The summed E-state index contributed by atoms with van der Waals surface area (Å²) in [5, 5.41) is 9.34. The number of rotatable bonds is 3. The highest BCUT2D eigenvalue weighted by Crippen LogP contribution is 2.22. The molecule has 0 saturated carbocycles. The molecule has 0 aromatic heterocycles. The molecule has 1 rings (SSSR count). The number of carbonyl (C=O) groups excluding carboxylic acids is 1. The molecule has 0 spiro atoms. The molecule has 0 atom stereocenters. The Balaban J connectivity index is 3.05. The number of hydrogen-bond donors (Lipinski definition) is 1. The van der Waals surface area contributed by atoms with Gasteiger partial charge in [-0.15, -0.1) is 0 Å². The molecule has 0 heterocycles. The fraction of sp³-hybridized carbons (Fsp3) is 0.500. The maximum absolute atomic E-state index is 12.3. The summed E-state index contributed by atoms with van der Waals surface area (Å²) < 4.78 is 0. The molecule has 17 heavy (non-hydrogen) atoms. The van der Waals surface area contributed by atoms with Crippen molar-refractivity contribution in [2.24, 2.45) is 0 Å². The lowest BCUT2D eigenvalue weighted by atomic mass is 9.98. The van der Waals surface area contributed by atoms with Crippen molar-refractivity contribution in [3.63, 3.8) is 0 Å². The Kier molecular flexibility index (Phi) is 3.81. The Morgan fingerprint density at radius 2 is 2.00 bits per heavy atom. The molecule has 3 nitrogen and oxygen atoms in total. The first kappa shape index (κ1) is 13.6. The molecule has 1 aromatic carbocycles. The number of phenolic OH excluding ortho intramolecular Hbond substituents is 1. The SMILES string of the molecule is CCC(C)(C)N(C)C(=O)c1ccc(O)cc1C. The van der Waals surface area contributed by atoms with Crippen LogP contribution in [0.25, 0.3) is 0 Å². The Morgan fingerprint density at radius 3 is 2.47 bits per heavy atom. The fourth-order valence-corrected chi connectivity index (χ4v) is 1.58. The second kappa shape index (κ2) is 4.78. The largest absolute Gasteiger partial charge is 0.508 e. The standard InChI is InChI=1S/C14H21NO2/c1-6-14(3,4)15(5)13(17)12-8-7-11(16)9-10(12)2/h7-9,16H,6H2,1-5H3. The summed E-state index contributed by atoms with van der Waals surface area (Å²) >= 11 is 0. The minimum absolute atomic E-state index is 0.00523. The molecular formula is C14H21NO2. The topological polar surface area (TPSA) is 40.5 Å². The Morgan fingerprint density at radius 1 is 1.41 bits per heavy atom. The van der Waals surface area contributed by atoms with Crippen LogP contribution in [-0.4, -0.2) is 28.5 Å². The van der Waals surface area contributed by atoms with Gasteiger partial charge in [0, 0.05) is 18.2 Å². The van der Waals surface area contributed by atoms with Gasteiger partial charge in [-0.25, -0.2) is 0 Å². The molecule has 1 amide bonds. The first-order valence-corrected chi connectivity index (χ1v) is 5.87. The van der Waals surface area contributed by atoms with Gasteiger partial charge in [0.25, 0.3) is 5.91 Å². The summed E-state index contributed by atoms with van der Waals surface area (Å²) in [6, 6.07) is 4.84. The van der Waals surface area contributed by atoms with E-state index in [4.69, 9.17) is 0 Å². The third-order valence-electron chi connectivity index (χ3n) is 3.52. The zero-order chi connectivity index (χ0) is 13.2. The van der Waals surface area contributed by atoms with Crippen LogP contribution >= 0.6 is 0 Å². The number of amides is 1. The van der Waals surface area contributed by atoms with E-state index >= 15 is 0 Å². The summed E-state index contributed by atoms with van der Waals surface area (Å²) in [4.78, 5) is 14.1. The Labute approximate surface area is 103 Å². The van der Waals surface area contributed by atoms with E-state index in [1.807, 2.05) is 27.8 Å². The molecule has 0 radical (unpaired) electrons. The van der Waals surface area contributed by atoms with Crippen LogP contribution in [0.15, 0.2) is 18.2 Å². The van der Waals surface area contributed by atoms with Crippen LogP contribution in [-0.2, 0) is 0 Å². The van der Waals surface area contributed by atoms with Gasteiger partial charge in [0.1, 0.15) is 5.75 Å². The van der Waals surface area contributed by atoms with Gasteiger partial charge in [0.15, 0.2) is 0 Å². The van der Waals surface area contributed by atoms with Gasteiger partial charge in [-0.3, -0.25) is 4.79 Å². The molecule has 0 fully saturated rings. The zero-order valence-electron chi connectivity index (χ0n) is 11.2. The lowest BCUT2D eigenvalue weighted by Crippen LogP contribution is -2.44. The van der Waals surface area contributed by atoms with E-state index in [2.05, 4.69) is 6.92 Å². The molecule has 0 unspecified atom stereocenters. The fourth-order valence-electron chi connectivity index (χ4n) is 1.58. The van der Waals surface area contributed by atoms with Gasteiger partial charge in [-0.05, 0) is 51.0 Å². The number of phenols is 1. The second-order valence-electron chi connectivity index (χ2n) is 5.03. The van der Waals surface area contributed by atoms with E-state index in [-0.39, 0.29) is 17.2 Å². The Hall–Kier alpha value is -1.51. The van der Waals surface area contributed by atoms with Crippen molar-refractivity contribution in [1.82, 2.24) is 4.90 Å². The van der Waals surface area contributed by atoms with Crippen LogP contribution in [0.2, 0.25) is 0 Å². The third-order valence-corrected chi connectivity index (χ3v) is 3.52. The predicted molar refractivity (Wildman–Crippen MR) is 69.3 cm³/mol. The minimum Gasteiger partial charge on any atom is -0.508 e. The highest BCUT2D eigenvalue weighted by atomic mass is 16.3. The number of benzene rings is 1. The summed E-state index contributed by atoms with van der Waals surface area (Å²) in [6.45, 7) is 7.98. The zero-order valence-corrected chi connectivity index (χ0v) is 11.2. The van der Waals surface area contributed by atoms with Crippen molar-refractivity contribution in [2.75, 3.05) is 7.05 Å². The van der Waals surface area contributed by atoms with Gasteiger partial charge in [-0.1, -0.05) is 6.92 Å². The summed E-state index contributed by atoms with van der Waals surface area (Å²) in [5.74, 6) is 0.186. The van der Waals surface area contributed by atoms with Gasteiger partial charge in [0.05, 0.1) is 0 Å². The predicted octanol–water partition coefficient (Wildman–Crippen LogP) is 2.96. The monoisotopic (exact) mass is 235 g/mol. The average molecular weight is 235 g/mol. The van der Waals surface area contributed by atoms with Crippen molar-refractivity contribution in [3.8, 4) is 5.75 Å². The van der Waals surface area contributed by atoms with Crippen LogP contribution in [0, 0.1) is 6.92 Å². The van der Waals surface area contributed by atoms with Gasteiger partial charge < -0.3 is 10.0 Å².